The highest BCUT2D eigenvalue weighted by Crippen LogP contribution is 2.28. The number of methoxy groups -OCH3 is 1. The summed E-state index contributed by atoms with van der Waals surface area (Å²) in [7, 11) is 1.66. The van der Waals surface area contributed by atoms with Gasteiger partial charge in [0.1, 0.15) is 5.75 Å². The Hall–Kier alpha value is -1.07. The number of benzene rings is 1. The minimum atomic E-state index is -0.701. The highest BCUT2D eigenvalue weighted by Gasteiger charge is 2.23. The number of ether oxygens (including phenoxy) is 1. The van der Waals surface area contributed by atoms with E-state index in [0.29, 0.717) is 6.04 Å². The predicted octanol–water partition coefficient (Wildman–Crippen LogP) is 3.68. The van der Waals surface area contributed by atoms with Crippen LogP contribution in [0.5, 0.6) is 5.75 Å². The predicted molar refractivity (Wildman–Crippen MR) is 85.6 cm³/mol. The van der Waals surface area contributed by atoms with E-state index in [-0.39, 0.29) is 6.42 Å². The number of rotatable bonds is 6. The number of halogens is 1. The Labute approximate surface area is 134 Å². The molecule has 0 amide bonds. The molecule has 1 aromatic carbocycles. The van der Waals surface area contributed by atoms with Crippen LogP contribution < -0.4 is 4.74 Å². The van der Waals surface area contributed by atoms with Gasteiger partial charge in [-0.05, 0) is 59.4 Å². The largest absolute Gasteiger partial charge is 0.496 e. The van der Waals surface area contributed by atoms with Gasteiger partial charge in [0.05, 0.1) is 11.6 Å². The second-order valence-corrected chi connectivity index (χ2v) is 6.38. The maximum Gasteiger partial charge on any atom is 0.303 e. The van der Waals surface area contributed by atoms with Crippen LogP contribution in [0.1, 0.15) is 37.7 Å². The molecular formula is C16H22BrNO3. The Morgan fingerprint density at radius 3 is 2.95 bits per heavy atom. The van der Waals surface area contributed by atoms with Crippen molar-refractivity contribution in [3.05, 3.63) is 28.2 Å². The molecule has 2 rings (SSSR count). The van der Waals surface area contributed by atoms with Crippen LogP contribution in [-0.4, -0.2) is 35.7 Å². The molecule has 1 aromatic rings. The first kappa shape index (κ1) is 16.3. The zero-order valence-electron chi connectivity index (χ0n) is 12.3. The molecule has 1 aliphatic rings. The van der Waals surface area contributed by atoms with Gasteiger partial charge in [0, 0.05) is 19.0 Å². The summed E-state index contributed by atoms with van der Waals surface area (Å²) in [5.74, 6) is 0.132. The van der Waals surface area contributed by atoms with Crippen LogP contribution in [0.25, 0.3) is 0 Å². The van der Waals surface area contributed by atoms with Gasteiger partial charge in [0.25, 0.3) is 0 Å². The highest BCUT2D eigenvalue weighted by atomic mass is 79.9. The smallest absolute Gasteiger partial charge is 0.303 e. The molecule has 0 radical (unpaired) electrons. The lowest BCUT2D eigenvalue weighted by atomic mass is 9.97. The summed E-state index contributed by atoms with van der Waals surface area (Å²) in [4.78, 5) is 13.2. The molecule has 0 aromatic heterocycles. The SMILES string of the molecule is COc1ccc(CN2CCCCC2CCC(=O)O)cc1Br. The first-order chi connectivity index (χ1) is 10.1. The fraction of sp³-hybridized carbons (Fsp3) is 0.562. The lowest BCUT2D eigenvalue weighted by Crippen LogP contribution is -2.39. The van der Waals surface area contributed by atoms with Gasteiger partial charge in [-0.1, -0.05) is 12.5 Å². The normalized spacial score (nSPS) is 19.4. The van der Waals surface area contributed by atoms with Gasteiger partial charge in [-0.2, -0.15) is 0 Å². The van der Waals surface area contributed by atoms with Crippen molar-refractivity contribution in [3.63, 3.8) is 0 Å². The van der Waals surface area contributed by atoms with E-state index in [1.165, 1.54) is 18.4 Å². The van der Waals surface area contributed by atoms with E-state index < -0.39 is 5.97 Å². The van der Waals surface area contributed by atoms with Gasteiger partial charge in [0.15, 0.2) is 0 Å². The summed E-state index contributed by atoms with van der Waals surface area (Å²) in [6, 6.07) is 6.51. The van der Waals surface area contributed by atoms with Crippen LogP contribution in [0.4, 0.5) is 0 Å². The fourth-order valence-corrected chi connectivity index (χ4v) is 3.52. The van der Waals surface area contributed by atoms with E-state index in [9.17, 15) is 4.79 Å². The summed E-state index contributed by atoms with van der Waals surface area (Å²) >= 11 is 3.52. The van der Waals surface area contributed by atoms with E-state index >= 15 is 0 Å². The van der Waals surface area contributed by atoms with Gasteiger partial charge < -0.3 is 9.84 Å². The number of likely N-dealkylation sites (tertiary alicyclic amines) is 1. The van der Waals surface area contributed by atoms with Gasteiger partial charge in [-0.3, -0.25) is 9.69 Å². The zero-order chi connectivity index (χ0) is 15.2. The third kappa shape index (κ3) is 4.71. The lowest BCUT2D eigenvalue weighted by molar-refractivity contribution is -0.137. The summed E-state index contributed by atoms with van der Waals surface area (Å²) in [5.41, 5.74) is 1.23. The number of aliphatic carboxylic acids is 1. The van der Waals surface area contributed by atoms with Crippen molar-refractivity contribution in [1.29, 1.82) is 0 Å². The molecule has 1 fully saturated rings. The van der Waals surface area contributed by atoms with E-state index in [1.54, 1.807) is 7.11 Å². The van der Waals surface area contributed by atoms with E-state index in [0.717, 1.165) is 36.2 Å². The summed E-state index contributed by atoms with van der Waals surface area (Å²) < 4.78 is 6.21. The van der Waals surface area contributed by atoms with Gasteiger partial charge in [-0.25, -0.2) is 0 Å². The average Bonchev–Trinajstić information content (AvgIpc) is 2.46. The topological polar surface area (TPSA) is 49.8 Å². The molecule has 116 valence electrons. The molecule has 1 aliphatic heterocycles. The standard InChI is InChI=1S/C16H22BrNO3/c1-21-15-7-5-12(10-14(15)17)11-18-9-3-2-4-13(18)6-8-16(19)20/h5,7,10,13H,2-4,6,8-9,11H2,1H3,(H,19,20). The first-order valence-electron chi connectivity index (χ1n) is 7.38. The monoisotopic (exact) mass is 355 g/mol. The Morgan fingerprint density at radius 2 is 2.29 bits per heavy atom. The maximum atomic E-state index is 10.8. The Morgan fingerprint density at radius 1 is 1.48 bits per heavy atom. The molecule has 1 N–H and O–H groups in total. The van der Waals surface area contributed by atoms with E-state index in [1.807, 2.05) is 6.07 Å². The summed E-state index contributed by atoms with van der Waals surface area (Å²) in [6.45, 7) is 1.92. The van der Waals surface area contributed by atoms with Gasteiger partial charge in [-0.15, -0.1) is 0 Å². The number of hydrogen-bond acceptors (Lipinski definition) is 3. The molecule has 4 nitrogen and oxygen atoms in total. The molecular weight excluding hydrogens is 334 g/mol. The van der Waals surface area contributed by atoms with Crippen molar-refractivity contribution in [2.75, 3.05) is 13.7 Å². The number of carboxylic acid groups (broad SMARTS) is 1. The molecule has 5 heteroatoms. The molecule has 1 saturated heterocycles. The van der Waals surface area contributed by atoms with Crippen LogP contribution in [0, 0.1) is 0 Å². The molecule has 1 unspecified atom stereocenters. The van der Waals surface area contributed by atoms with Crippen molar-refractivity contribution in [2.24, 2.45) is 0 Å². The number of carbonyl (C=O) groups is 1. The van der Waals surface area contributed by atoms with Gasteiger partial charge >= 0.3 is 5.97 Å². The third-order valence-electron chi connectivity index (χ3n) is 4.04. The molecule has 21 heavy (non-hydrogen) atoms. The van der Waals surface area contributed by atoms with Crippen LogP contribution in [-0.2, 0) is 11.3 Å². The quantitative estimate of drug-likeness (QED) is 0.845. The van der Waals surface area contributed by atoms with Crippen molar-refractivity contribution in [2.45, 2.75) is 44.7 Å². The molecule has 0 aliphatic carbocycles. The van der Waals surface area contributed by atoms with Crippen LogP contribution in [0.15, 0.2) is 22.7 Å². The molecule has 1 atom stereocenters. The van der Waals surface area contributed by atoms with Crippen molar-refractivity contribution >= 4 is 21.9 Å². The fourth-order valence-electron chi connectivity index (χ4n) is 2.93. The summed E-state index contributed by atoms with van der Waals surface area (Å²) in [6.07, 6.45) is 4.50. The van der Waals surface area contributed by atoms with Gasteiger partial charge in [0.2, 0.25) is 0 Å². The van der Waals surface area contributed by atoms with Crippen LogP contribution in [0.2, 0.25) is 0 Å². The van der Waals surface area contributed by atoms with E-state index in [2.05, 4.69) is 33.0 Å². The third-order valence-corrected chi connectivity index (χ3v) is 4.66. The number of carboxylic acids is 1. The number of nitrogens with zero attached hydrogens (tertiary/aromatic N) is 1. The van der Waals surface area contributed by atoms with Crippen molar-refractivity contribution < 1.29 is 14.6 Å². The Balaban J connectivity index is 2.01. The second kappa shape index (κ2) is 7.80. The minimum Gasteiger partial charge on any atom is -0.496 e. The second-order valence-electron chi connectivity index (χ2n) is 5.52. The van der Waals surface area contributed by atoms with Crippen molar-refractivity contribution in [3.8, 4) is 5.75 Å². The Bertz CT molecular complexity index is 492. The number of piperidine rings is 1. The Kier molecular flexibility index (Phi) is 6.06. The lowest BCUT2D eigenvalue weighted by Gasteiger charge is -2.35. The zero-order valence-corrected chi connectivity index (χ0v) is 13.9. The van der Waals surface area contributed by atoms with Crippen LogP contribution >= 0.6 is 15.9 Å². The maximum absolute atomic E-state index is 10.8. The average molecular weight is 356 g/mol. The van der Waals surface area contributed by atoms with Crippen molar-refractivity contribution in [1.82, 2.24) is 4.90 Å². The molecule has 0 saturated carbocycles. The van der Waals surface area contributed by atoms with E-state index in [4.69, 9.17) is 9.84 Å². The highest BCUT2D eigenvalue weighted by molar-refractivity contribution is 9.10. The number of hydrogen-bond donors (Lipinski definition) is 1. The molecule has 1 heterocycles. The molecule has 0 spiro atoms. The minimum absolute atomic E-state index is 0.257. The first-order valence-corrected chi connectivity index (χ1v) is 8.17. The molecule has 0 bridgehead atoms. The van der Waals surface area contributed by atoms with Crippen LogP contribution in [0.3, 0.4) is 0 Å². The summed E-state index contributed by atoms with van der Waals surface area (Å²) in [5, 5.41) is 8.88.